The van der Waals surface area contributed by atoms with E-state index in [1.807, 2.05) is 30.1 Å². The monoisotopic (exact) mass is 349 g/mol. The third kappa shape index (κ3) is 3.77. The number of aliphatic hydroxyl groups excluding tert-OH is 1. The molecule has 0 aliphatic carbocycles. The van der Waals surface area contributed by atoms with Gasteiger partial charge in [-0.3, -0.25) is 4.79 Å². The number of hydrogen-bond acceptors (Lipinski definition) is 5. The van der Waals surface area contributed by atoms with Gasteiger partial charge in [-0.25, -0.2) is 0 Å². The average molecular weight is 350 g/mol. The zero-order chi connectivity index (χ0) is 17.1. The minimum atomic E-state index is -0.600. The molecule has 128 valence electrons. The lowest BCUT2D eigenvalue weighted by Gasteiger charge is -2.32. The smallest absolute Gasteiger partial charge is 0.227 e. The van der Waals surface area contributed by atoms with E-state index in [-0.39, 0.29) is 12.5 Å². The molecular formula is C17H20ClN3O3. The van der Waals surface area contributed by atoms with Crippen LogP contribution < -0.4 is 5.32 Å². The van der Waals surface area contributed by atoms with Crippen LogP contribution in [0.2, 0.25) is 5.02 Å². The van der Waals surface area contributed by atoms with Crippen LogP contribution in [0.25, 0.3) is 11.3 Å². The molecule has 1 fully saturated rings. The van der Waals surface area contributed by atoms with E-state index < -0.39 is 12.0 Å². The first kappa shape index (κ1) is 17.0. The highest BCUT2D eigenvalue weighted by Crippen LogP contribution is 2.27. The zero-order valence-electron chi connectivity index (χ0n) is 13.4. The summed E-state index contributed by atoms with van der Waals surface area (Å²) in [5.74, 6) is -0.0303. The van der Waals surface area contributed by atoms with E-state index in [9.17, 15) is 9.90 Å². The summed E-state index contributed by atoms with van der Waals surface area (Å²) in [6.07, 6.45) is 0.00653. The second-order valence-electron chi connectivity index (χ2n) is 6.10. The maximum Gasteiger partial charge on any atom is 0.227 e. The molecule has 2 N–H and O–H groups in total. The number of likely N-dealkylation sites (tertiary alicyclic amines) is 1. The minimum absolute atomic E-state index is 0.170. The van der Waals surface area contributed by atoms with Crippen LogP contribution in [0.5, 0.6) is 0 Å². The highest BCUT2D eigenvalue weighted by atomic mass is 35.5. The van der Waals surface area contributed by atoms with Crippen molar-refractivity contribution in [3.63, 3.8) is 0 Å². The summed E-state index contributed by atoms with van der Waals surface area (Å²) in [6.45, 7) is 1.60. The van der Waals surface area contributed by atoms with Crippen molar-refractivity contribution in [2.75, 3.05) is 20.1 Å². The quantitative estimate of drug-likeness (QED) is 0.881. The van der Waals surface area contributed by atoms with E-state index in [2.05, 4.69) is 10.5 Å². The van der Waals surface area contributed by atoms with Gasteiger partial charge in [-0.1, -0.05) is 28.9 Å². The molecule has 7 heteroatoms. The van der Waals surface area contributed by atoms with Crippen molar-refractivity contribution in [2.24, 2.45) is 5.92 Å². The molecule has 0 saturated carbocycles. The second kappa shape index (κ2) is 7.34. The number of amides is 1. The fraction of sp³-hybridized carbons (Fsp3) is 0.412. The molecule has 1 aromatic carbocycles. The number of nitrogens with one attached hydrogen (secondary N) is 1. The first-order chi connectivity index (χ1) is 11.5. The SMILES string of the molecule is CN1CC[C@@H](O)[C@H](C(=O)NCc2cc(-c3ccccc3Cl)on2)C1. The third-order valence-electron chi connectivity index (χ3n) is 4.26. The topological polar surface area (TPSA) is 78.6 Å². The average Bonchev–Trinajstić information content (AvgIpc) is 3.04. The number of nitrogens with zero attached hydrogens (tertiary/aromatic N) is 2. The van der Waals surface area contributed by atoms with Gasteiger partial charge in [0.15, 0.2) is 5.76 Å². The Morgan fingerprint density at radius 1 is 1.50 bits per heavy atom. The van der Waals surface area contributed by atoms with Crippen LogP contribution in [0.4, 0.5) is 0 Å². The van der Waals surface area contributed by atoms with Crippen molar-refractivity contribution in [1.29, 1.82) is 0 Å². The van der Waals surface area contributed by atoms with E-state index in [0.717, 1.165) is 12.1 Å². The van der Waals surface area contributed by atoms with Gasteiger partial charge in [0.1, 0.15) is 5.69 Å². The van der Waals surface area contributed by atoms with Gasteiger partial charge in [-0.2, -0.15) is 0 Å². The fourth-order valence-corrected chi connectivity index (χ4v) is 3.08. The van der Waals surface area contributed by atoms with Crippen LogP contribution in [0.15, 0.2) is 34.9 Å². The van der Waals surface area contributed by atoms with Crippen molar-refractivity contribution < 1.29 is 14.4 Å². The van der Waals surface area contributed by atoms with Crippen molar-refractivity contribution in [2.45, 2.75) is 19.1 Å². The number of benzene rings is 1. The predicted molar refractivity (Wildman–Crippen MR) is 90.4 cm³/mol. The highest BCUT2D eigenvalue weighted by molar-refractivity contribution is 6.33. The van der Waals surface area contributed by atoms with Gasteiger partial charge in [0.25, 0.3) is 0 Å². The molecule has 0 unspecified atom stereocenters. The molecule has 0 radical (unpaired) electrons. The number of piperidine rings is 1. The van der Waals surface area contributed by atoms with E-state index in [1.165, 1.54) is 0 Å². The van der Waals surface area contributed by atoms with Crippen LogP contribution in [-0.4, -0.2) is 47.3 Å². The first-order valence-electron chi connectivity index (χ1n) is 7.89. The van der Waals surface area contributed by atoms with Gasteiger partial charge in [-0.15, -0.1) is 0 Å². The second-order valence-corrected chi connectivity index (χ2v) is 6.51. The van der Waals surface area contributed by atoms with E-state index in [1.54, 1.807) is 12.1 Å². The Morgan fingerprint density at radius 2 is 2.29 bits per heavy atom. The molecule has 1 amide bonds. The summed E-state index contributed by atoms with van der Waals surface area (Å²) in [6, 6.07) is 9.09. The molecule has 3 rings (SSSR count). The number of halogens is 1. The minimum Gasteiger partial charge on any atom is -0.392 e. The van der Waals surface area contributed by atoms with Gasteiger partial charge in [0.05, 0.1) is 23.6 Å². The molecule has 1 aromatic heterocycles. The van der Waals surface area contributed by atoms with Crippen molar-refractivity contribution >= 4 is 17.5 Å². The van der Waals surface area contributed by atoms with Crippen molar-refractivity contribution in [1.82, 2.24) is 15.4 Å². The predicted octanol–water partition coefficient (Wildman–Crippen LogP) is 1.92. The Bertz CT molecular complexity index is 719. The van der Waals surface area contributed by atoms with E-state index >= 15 is 0 Å². The first-order valence-corrected chi connectivity index (χ1v) is 8.27. The van der Waals surface area contributed by atoms with E-state index in [0.29, 0.717) is 29.4 Å². The molecule has 2 heterocycles. The maximum absolute atomic E-state index is 12.3. The summed E-state index contributed by atoms with van der Waals surface area (Å²) in [5.41, 5.74) is 1.37. The van der Waals surface area contributed by atoms with Gasteiger partial charge in [0.2, 0.25) is 5.91 Å². The lowest BCUT2D eigenvalue weighted by molar-refractivity contribution is -0.131. The molecule has 0 bridgehead atoms. The zero-order valence-corrected chi connectivity index (χ0v) is 14.2. The van der Waals surface area contributed by atoms with Crippen molar-refractivity contribution in [3.05, 3.63) is 41.0 Å². The Hall–Kier alpha value is -1.89. The molecule has 24 heavy (non-hydrogen) atoms. The van der Waals surface area contributed by atoms with Crippen molar-refractivity contribution in [3.8, 4) is 11.3 Å². The van der Waals surface area contributed by atoms with Crippen LogP contribution in [0.1, 0.15) is 12.1 Å². The van der Waals surface area contributed by atoms with Gasteiger partial charge in [-0.05, 0) is 25.6 Å². The molecule has 1 aliphatic rings. The normalized spacial score (nSPS) is 21.6. The van der Waals surface area contributed by atoms with Crippen LogP contribution in [0, 0.1) is 5.92 Å². The number of aliphatic hydroxyl groups is 1. The van der Waals surface area contributed by atoms with E-state index in [4.69, 9.17) is 16.1 Å². The molecule has 6 nitrogen and oxygen atoms in total. The fourth-order valence-electron chi connectivity index (χ4n) is 2.85. The number of rotatable bonds is 4. The molecule has 0 spiro atoms. The Kier molecular flexibility index (Phi) is 5.18. The number of hydrogen-bond donors (Lipinski definition) is 2. The lowest BCUT2D eigenvalue weighted by atomic mass is 9.94. The Labute approximate surface area is 145 Å². The van der Waals surface area contributed by atoms with Gasteiger partial charge in [0, 0.05) is 24.7 Å². The lowest BCUT2D eigenvalue weighted by Crippen LogP contribution is -2.48. The standard InChI is InChI=1S/C17H20ClN3O3/c1-21-7-6-15(22)13(10-21)17(23)19-9-11-8-16(24-20-11)12-4-2-3-5-14(12)18/h2-5,8,13,15,22H,6-7,9-10H2,1H3,(H,19,23)/t13-,15-/m1/s1. The Morgan fingerprint density at radius 3 is 3.08 bits per heavy atom. The highest BCUT2D eigenvalue weighted by Gasteiger charge is 2.31. The summed E-state index contributed by atoms with van der Waals surface area (Å²) in [5, 5.41) is 17.4. The summed E-state index contributed by atoms with van der Waals surface area (Å²) < 4.78 is 5.30. The maximum atomic E-state index is 12.3. The number of aromatic nitrogens is 1. The summed E-state index contributed by atoms with van der Waals surface area (Å²) in [4.78, 5) is 14.3. The van der Waals surface area contributed by atoms with Crippen LogP contribution in [-0.2, 0) is 11.3 Å². The van der Waals surface area contributed by atoms with Gasteiger partial charge < -0.3 is 19.8 Å². The van der Waals surface area contributed by atoms with Crippen LogP contribution >= 0.6 is 11.6 Å². The molecule has 1 aliphatic heterocycles. The summed E-state index contributed by atoms with van der Waals surface area (Å²) >= 11 is 6.14. The number of carbonyl (C=O) groups is 1. The largest absolute Gasteiger partial charge is 0.392 e. The molecule has 1 saturated heterocycles. The molecule has 2 atom stereocenters. The van der Waals surface area contributed by atoms with Gasteiger partial charge >= 0.3 is 0 Å². The Balaban J connectivity index is 1.61. The molecule has 2 aromatic rings. The third-order valence-corrected chi connectivity index (χ3v) is 4.59. The molecular weight excluding hydrogens is 330 g/mol. The van der Waals surface area contributed by atoms with Crippen LogP contribution in [0.3, 0.4) is 0 Å². The summed E-state index contributed by atoms with van der Waals surface area (Å²) in [7, 11) is 1.94. The number of carbonyl (C=O) groups excluding carboxylic acids is 1.